The van der Waals surface area contributed by atoms with Crippen molar-refractivity contribution >= 4 is 29.3 Å². The number of amides is 1. The van der Waals surface area contributed by atoms with E-state index in [-0.39, 0.29) is 5.91 Å². The van der Waals surface area contributed by atoms with Crippen LogP contribution in [0.3, 0.4) is 0 Å². The average Bonchev–Trinajstić information content (AvgIpc) is 2.59. The number of nitrogens with zero attached hydrogens (tertiary/aromatic N) is 1. The summed E-state index contributed by atoms with van der Waals surface area (Å²) in [5, 5.41) is 3.18. The number of hydrogen-bond acceptors (Lipinski definition) is 4. The Morgan fingerprint density at radius 2 is 2.08 bits per heavy atom. The number of carbonyl (C=O) groups is 1. The monoisotopic (exact) mass is 346 g/mol. The second-order valence-electron chi connectivity index (χ2n) is 4.94. The maximum absolute atomic E-state index is 11.9. The highest BCUT2D eigenvalue weighted by atomic mass is 35.5. The molecule has 0 aliphatic heterocycles. The van der Waals surface area contributed by atoms with Crippen LogP contribution in [0.15, 0.2) is 42.7 Å². The van der Waals surface area contributed by atoms with Gasteiger partial charge < -0.3 is 14.8 Å². The molecule has 0 bridgehead atoms. The third-order valence-corrected chi connectivity index (χ3v) is 3.36. The first-order valence-electron chi connectivity index (χ1n) is 7.53. The van der Waals surface area contributed by atoms with Gasteiger partial charge in [0.2, 0.25) is 5.91 Å². The first-order chi connectivity index (χ1) is 11.6. The van der Waals surface area contributed by atoms with Crippen LogP contribution in [-0.2, 0) is 4.79 Å². The van der Waals surface area contributed by atoms with E-state index < -0.39 is 0 Å². The van der Waals surface area contributed by atoms with Gasteiger partial charge in [-0.05, 0) is 42.3 Å². The number of rotatable bonds is 7. The van der Waals surface area contributed by atoms with Gasteiger partial charge in [-0.15, -0.1) is 0 Å². The van der Waals surface area contributed by atoms with Crippen molar-refractivity contribution in [1.82, 2.24) is 4.98 Å². The predicted molar refractivity (Wildman–Crippen MR) is 95.7 cm³/mol. The van der Waals surface area contributed by atoms with Crippen molar-refractivity contribution in [3.8, 4) is 11.5 Å². The van der Waals surface area contributed by atoms with Gasteiger partial charge in [0.15, 0.2) is 11.5 Å². The number of benzene rings is 1. The lowest BCUT2D eigenvalue weighted by atomic mass is 10.2. The molecule has 1 N–H and O–H groups in total. The molecule has 1 amide bonds. The van der Waals surface area contributed by atoms with Gasteiger partial charge in [0.25, 0.3) is 0 Å². The Morgan fingerprint density at radius 3 is 2.75 bits per heavy atom. The van der Waals surface area contributed by atoms with Gasteiger partial charge in [-0.3, -0.25) is 9.78 Å². The standard InChI is InChI=1S/C18H19ClN2O3/c1-3-10-24-18-15(19)11-13(12-16(18)23-2)4-5-17(22)21-14-6-8-20-9-7-14/h4-9,11-12H,3,10H2,1-2H3,(H,20,21,22)/b5-4+. The molecular formula is C18H19ClN2O3. The number of carbonyl (C=O) groups excluding carboxylic acids is 1. The third-order valence-electron chi connectivity index (χ3n) is 3.08. The molecule has 126 valence electrons. The summed E-state index contributed by atoms with van der Waals surface area (Å²) < 4.78 is 10.9. The number of aromatic nitrogens is 1. The fourth-order valence-corrected chi connectivity index (χ4v) is 2.24. The largest absolute Gasteiger partial charge is 0.493 e. The Balaban J connectivity index is 2.11. The predicted octanol–water partition coefficient (Wildman–Crippen LogP) is 4.18. The fraction of sp³-hybridized carbons (Fsp3) is 0.222. The van der Waals surface area contributed by atoms with E-state index in [0.717, 1.165) is 12.0 Å². The van der Waals surface area contributed by atoms with E-state index in [1.165, 1.54) is 6.08 Å². The van der Waals surface area contributed by atoms with Gasteiger partial charge in [-0.2, -0.15) is 0 Å². The molecule has 24 heavy (non-hydrogen) atoms. The smallest absolute Gasteiger partial charge is 0.248 e. The Labute approximate surface area is 146 Å². The molecule has 0 saturated heterocycles. The van der Waals surface area contributed by atoms with Crippen molar-refractivity contribution in [2.75, 3.05) is 19.0 Å². The normalized spacial score (nSPS) is 10.6. The highest BCUT2D eigenvalue weighted by Crippen LogP contribution is 2.36. The van der Waals surface area contributed by atoms with Crippen LogP contribution in [0, 0.1) is 0 Å². The molecule has 0 atom stereocenters. The number of halogens is 1. The first-order valence-corrected chi connectivity index (χ1v) is 7.91. The fourth-order valence-electron chi connectivity index (χ4n) is 1.97. The van der Waals surface area contributed by atoms with Crippen molar-refractivity contribution in [3.05, 3.63) is 53.3 Å². The number of ether oxygens (including phenoxy) is 2. The summed E-state index contributed by atoms with van der Waals surface area (Å²) >= 11 is 6.25. The van der Waals surface area contributed by atoms with Gasteiger partial charge in [0, 0.05) is 24.2 Å². The van der Waals surface area contributed by atoms with Crippen LogP contribution < -0.4 is 14.8 Å². The highest BCUT2D eigenvalue weighted by Gasteiger charge is 2.11. The minimum absolute atomic E-state index is 0.248. The Kier molecular flexibility index (Phi) is 6.63. The zero-order valence-electron chi connectivity index (χ0n) is 13.6. The van der Waals surface area contributed by atoms with Crippen LogP contribution in [0.2, 0.25) is 5.02 Å². The summed E-state index contributed by atoms with van der Waals surface area (Å²) in [5.74, 6) is 0.798. The van der Waals surface area contributed by atoms with Crippen LogP contribution in [0.1, 0.15) is 18.9 Å². The molecule has 0 aliphatic carbocycles. The van der Waals surface area contributed by atoms with Crippen molar-refractivity contribution in [2.45, 2.75) is 13.3 Å². The van der Waals surface area contributed by atoms with Gasteiger partial charge in [-0.1, -0.05) is 18.5 Å². The van der Waals surface area contributed by atoms with Crippen LogP contribution in [0.5, 0.6) is 11.5 Å². The molecule has 0 saturated carbocycles. The summed E-state index contributed by atoms with van der Waals surface area (Å²) in [7, 11) is 1.55. The molecule has 0 spiro atoms. The minimum atomic E-state index is -0.248. The molecule has 2 rings (SSSR count). The number of anilines is 1. The van der Waals surface area contributed by atoms with Crippen molar-refractivity contribution < 1.29 is 14.3 Å². The van der Waals surface area contributed by atoms with E-state index in [0.29, 0.717) is 28.8 Å². The van der Waals surface area contributed by atoms with E-state index in [2.05, 4.69) is 10.3 Å². The molecule has 0 unspecified atom stereocenters. The summed E-state index contributed by atoms with van der Waals surface area (Å²) in [4.78, 5) is 15.8. The van der Waals surface area contributed by atoms with Gasteiger partial charge in [0.1, 0.15) is 0 Å². The SMILES string of the molecule is CCCOc1c(Cl)cc(/C=C/C(=O)Nc2ccncc2)cc1OC. The zero-order valence-corrected chi connectivity index (χ0v) is 14.3. The number of nitrogens with one attached hydrogen (secondary N) is 1. The Bertz CT molecular complexity index is 718. The second kappa shape index (κ2) is 8.93. The molecule has 1 heterocycles. The summed E-state index contributed by atoms with van der Waals surface area (Å²) in [6.45, 7) is 2.57. The Hall–Kier alpha value is -2.53. The number of pyridine rings is 1. The summed E-state index contributed by atoms with van der Waals surface area (Å²) in [5.41, 5.74) is 1.42. The van der Waals surface area contributed by atoms with Gasteiger partial charge in [-0.25, -0.2) is 0 Å². The van der Waals surface area contributed by atoms with Crippen LogP contribution in [-0.4, -0.2) is 24.6 Å². The van der Waals surface area contributed by atoms with E-state index in [9.17, 15) is 4.79 Å². The maximum atomic E-state index is 11.9. The number of hydrogen-bond donors (Lipinski definition) is 1. The van der Waals surface area contributed by atoms with E-state index in [1.54, 1.807) is 49.8 Å². The quantitative estimate of drug-likeness (QED) is 0.764. The maximum Gasteiger partial charge on any atom is 0.248 e. The molecule has 6 heteroatoms. The molecule has 1 aromatic carbocycles. The van der Waals surface area contributed by atoms with Crippen LogP contribution in [0.25, 0.3) is 6.08 Å². The lowest BCUT2D eigenvalue weighted by Gasteiger charge is -2.12. The van der Waals surface area contributed by atoms with E-state index >= 15 is 0 Å². The molecule has 2 aromatic rings. The topological polar surface area (TPSA) is 60.5 Å². The Morgan fingerprint density at radius 1 is 1.33 bits per heavy atom. The zero-order chi connectivity index (χ0) is 17.4. The van der Waals surface area contributed by atoms with Crippen LogP contribution in [0.4, 0.5) is 5.69 Å². The van der Waals surface area contributed by atoms with Crippen molar-refractivity contribution in [2.24, 2.45) is 0 Å². The van der Waals surface area contributed by atoms with Gasteiger partial charge in [0.05, 0.1) is 18.7 Å². The molecule has 5 nitrogen and oxygen atoms in total. The van der Waals surface area contributed by atoms with E-state index in [1.807, 2.05) is 6.92 Å². The first kappa shape index (κ1) is 17.8. The molecule has 0 aliphatic rings. The minimum Gasteiger partial charge on any atom is -0.493 e. The number of methoxy groups -OCH3 is 1. The second-order valence-corrected chi connectivity index (χ2v) is 5.35. The average molecular weight is 347 g/mol. The summed E-state index contributed by atoms with van der Waals surface area (Å²) in [6, 6.07) is 6.93. The van der Waals surface area contributed by atoms with E-state index in [4.69, 9.17) is 21.1 Å². The lowest BCUT2D eigenvalue weighted by molar-refractivity contribution is -0.111. The molecule has 0 fully saturated rings. The molecule has 0 radical (unpaired) electrons. The van der Waals surface area contributed by atoms with Gasteiger partial charge >= 0.3 is 0 Å². The van der Waals surface area contributed by atoms with Crippen LogP contribution >= 0.6 is 11.6 Å². The molecule has 1 aromatic heterocycles. The highest BCUT2D eigenvalue weighted by molar-refractivity contribution is 6.32. The molecular weight excluding hydrogens is 328 g/mol. The van der Waals surface area contributed by atoms with Crippen molar-refractivity contribution in [3.63, 3.8) is 0 Å². The lowest BCUT2D eigenvalue weighted by Crippen LogP contribution is -2.07. The summed E-state index contributed by atoms with van der Waals surface area (Å²) in [6.07, 6.45) is 7.18. The van der Waals surface area contributed by atoms with Crippen molar-refractivity contribution in [1.29, 1.82) is 0 Å². The third kappa shape index (κ3) is 4.99.